The first-order valence-corrected chi connectivity index (χ1v) is 8.74. The van der Waals surface area contributed by atoms with Crippen LogP contribution in [0.2, 0.25) is 0 Å². The molecule has 3 heterocycles. The number of anilines is 1. The normalized spacial score (nSPS) is 11.7. The second-order valence-electron chi connectivity index (χ2n) is 4.45. The Kier molecular flexibility index (Phi) is 3.30. The van der Waals surface area contributed by atoms with E-state index in [0.717, 1.165) is 6.26 Å². The Hall–Kier alpha value is -2.13. The van der Waals surface area contributed by atoms with Crippen LogP contribution in [0.4, 0.5) is 5.82 Å². The number of aromatic nitrogens is 3. The van der Waals surface area contributed by atoms with Crippen LogP contribution in [-0.2, 0) is 10.0 Å². The van der Waals surface area contributed by atoms with Crippen molar-refractivity contribution in [2.45, 2.75) is 6.92 Å². The highest BCUT2D eigenvalue weighted by atomic mass is 32.2. The lowest BCUT2D eigenvalue weighted by Gasteiger charge is -2.04. The Bertz CT molecular complexity index is 862. The topological polar surface area (TPSA) is 90.0 Å². The highest BCUT2D eigenvalue weighted by molar-refractivity contribution is 7.92. The highest BCUT2D eigenvalue weighted by Gasteiger charge is 2.15. The fourth-order valence-electron chi connectivity index (χ4n) is 1.81. The largest absolute Gasteiger partial charge is 0.463 e. The maximum absolute atomic E-state index is 11.4. The van der Waals surface area contributed by atoms with Gasteiger partial charge in [-0.3, -0.25) is 4.72 Å². The first kappa shape index (κ1) is 13.8. The molecule has 0 spiro atoms. The summed E-state index contributed by atoms with van der Waals surface area (Å²) in [6.45, 7) is 1.78. The Morgan fingerprint density at radius 3 is 2.90 bits per heavy atom. The molecule has 0 aliphatic heterocycles. The van der Waals surface area contributed by atoms with E-state index in [1.54, 1.807) is 25.3 Å². The number of hydrogen-bond acceptors (Lipinski definition) is 6. The van der Waals surface area contributed by atoms with Crippen LogP contribution in [0.5, 0.6) is 0 Å². The van der Waals surface area contributed by atoms with Crippen LogP contribution in [-0.4, -0.2) is 29.4 Å². The molecule has 0 aliphatic carbocycles. The van der Waals surface area contributed by atoms with Crippen molar-refractivity contribution in [2.75, 3.05) is 11.0 Å². The monoisotopic (exact) mass is 324 g/mol. The van der Waals surface area contributed by atoms with Gasteiger partial charge in [-0.15, -0.1) is 11.3 Å². The lowest BCUT2D eigenvalue weighted by molar-refractivity contribution is 0.580. The maximum atomic E-state index is 11.4. The summed E-state index contributed by atoms with van der Waals surface area (Å²) in [7, 11) is -3.38. The second kappa shape index (κ2) is 5.01. The molecular weight excluding hydrogens is 312 g/mol. The molecule has 7 nitrogen and oxygen atoms in total. The smallest absolute Gasteiger partial charge is 0.230 e. The van der Waals surface area contributed by atoms with Gasteiger partial charge in [0.05, 0.1) is 18.2 Å². The molecule has 3 rings (SSSR count). The minimum absolute atomic E-state index is 0.357. The summed E-state index contributed by atoms with van der Waals surface area (Å²) in [6.07, 6.45) is 2.67. The zero-order valence-electron chi connectivity index (χ0n) is 11.3. The van der Waals surface area contributed by atoms with Crippen LogP contribution in [0.15, 0.2) is 34.3 Å². The van der Waals surface area contributed by atoms with E-state index >= 15 is 0 Å². The quantitative estimate of drug-likeness (QED) is 0.795. The van der Waals surface area contributed by atoms with Gasteiger partial charge in [-0.1, -0.05) is 0 Å². The lowest BCUT2D eigenvalue weighted by Crippen LogP contribution is -2.13. The number of nitrogens with zero attached hydrogens (tertiary/aromatic N) is 3. The summed E-state index contributed by atoms with van der Waals surface area (Å²) in [4.78, 5) is 4.42. The predicted octanol–water partition coefficient (Wildman–Crippen LogP) is 2.27. The minimum atomic E-state index is -3.38. The molecule has 0 aliphatic rings. The zero-order valence-corrected chi connectivity index (χ0v) is 12.9. The lowest BCUT2D eigenvalue weighted by atomic mass is 10.4. The summed E-state index contributed by atoms with van der Waals surface area (Å²) >= 11 is 1.35. The van der Waals surface area contributed by atoms with Crippen molar-refractivity contribution in [3.05, 3.63) is 35.5 Å². The third-order valence-corrected chi connectivity index (χ3v) is 3.96. The second-order valence-corrected chi connectivity index (χ2v) is 7.03. The van der Waals surface area contributed by atoms with Gasteiger partial charge < -0.3 is 4.42 Å². The SMILES string of the molecule is Cc1cc(NS(C)(=O)=O)n(-c2nc(-c3ccco3)cs2)n1. The minimum Gasteiger partial charge on any atom is -0.463 e. The Morgan fingerprint density at radius 2 is 2.24 bits per heavy atom. The van der Waals surface area contributed by atoms with Crippen molar-refractivity contribution in [1.82, 2.24) is 14.8 Å². The fraction of sp³-hybridized carbons (Fsp3) is 0.167. The Labute approximate surface area is 125 Å². The summed E-state index contributed by atoms with van der Waals surface area (Å²) in [5.41, 5.74) is 1.37. The van der Waals surface area contributed by atoms with Gasteiger partial charge in [-0.25, -0.2) is 13.4 Å². The van der Waals surface area contributed by atoms with Crippen molar-refractivity contribution in [3.8, 4) is 16.6 Å². The van der Waals surface area contributed by atoms with Crippen molar-refractivity contribution < 1.29 is 12.8 Å². The molecule has 3 aromatic heterocycles. The molecule has 0 aromatic carbocycles. The van der Waals surface area contributed by atoms with Crippen molar-refractivity contribution >= 4 is 27.2 Å². The number of furan rings is 1. The molecule has 21 heavy (non-hydrogen) atoms. The summed E-state index contributed by atoms with van der Waals surface area (Å²) in [5.74, 6) is 1.01. The molecule has 0 saturated carbocycles. The van der Waals surface area contributed by atoms with Gasteiger partial charge in [0.2, 0.25) is 15.2 Å². The molecule has 0 fully saturated rings. The molecule has 0 radical (unpaired) electrons. The first-order chi connectivity index (χ1) is 9.92. The highest BCUT2D eigenvalue weighted by Crippen LogP contribution is 2.26. The molecule has 0 saturated heterocycles. The van der Waals surface area contributed by atoms with Crippen LogP contribution in [0, 0.1) is 6.92 Å². The standard InChI is InChI=1S/C12H12N4O3S2/c1-8-6-11(15-21(2,17)18)16(14-8)12-13-9(7-20-12)10-4-3-5-19-10/h3-7,15H,1-2H3. The molecule has 0 bridgehead atoms. The zero-order chi connectivity index (χ0) is 15.0. The van der Waals surface area contributed by atoms with E-state index in [0.29, 0.717) is 28.1 Å². The van der Waals surface area contributed by atoms with E-state index in [1.807, 2.05) is 11.4 Å². The average molecular weight is 324 g/mol. The number of rotatable bonds is 4. The summed E-state index contributed by atoms with van der Waals surface area (Å²) < 4.78 is 32.0. The van der Waals surface area contributed by atoms with E-state index in [9.17, 15) is 8.42 Å². The third kappa shape index (κ3) is 2.98. The average Bonchev–Trinajstić information content (AvgIpc) is 3.05. The molecular formula is C12H12N4O3S2. The van der Waals surface area contributed by atoms with Gasteiger partial charge in [0, 0.05) is 11.4 Å². The molecule has 0 unspecified atom stereocenters. The molecule has 9 heteroatoms. The van der Waals surface area contributed by atoms with E-state index < -0.39 is 10.0 Å². The van der Waals surface area contributed by atoms with E-state index in [2.05, 4.69) is 14.8 Å². The third-order valence-electron chi connectivity index (χ3n) is 2.57. The number of sulfonamides is 1. The number of aryl methyl sites for hydroxylation is 1. The van der Waals surface area contributed by atoms with E-state index in [-0.39, 0.29) is 0 Å². The van der Waals surface area contributed by atoms with Gasteiger partial charge in [-0.05, 0) is 19.1 Å². The van der Waals surface area contributed by atoms with Gasteiger partial charge in [0.25, 0.3) is 0 Å². The van der Waals surface area contributed by atoms with Crippen molar-refractivity contribution in [2.24, 2.45) is 0 Å². The number of thiazole rings is 1. The molecule has 3 aromatic rings. The van der Waals surface area contributed by atoms with Crippen molar-refractivity contribution in [1.29, 1.82) is 0 Å². The van der Waals surface area contributed by atoms with E-state index in [4.69, 9.17) is 4.42 Å². The van der Waals surface area contributed by atoms with Gasteiger partial charge >= 0.3 is 0 Å². The Balaban J connectivity index is 2.01. The van der Waals surface area contributed by atoms with Crippen LogP contribution in [0.1, 0.15) is 5.69 Å². The number of nitrogens with one attached hydrogen (secondary N) is 1. The molecule has 0 atom stereocenters. The summed E-state index contributed by atoms with van der Waals surface area (Å²) in [6, 6.07) is 5.24. The van der Waals surface area contributed by atoms with Crippen LogP contribution < -0.4 is 4.72 Å². The van der Waals surface area contributed by atoms with Gasteiger partial charge in [-0.2, -0.15) is 9.78 Å². The molecule has 0 amide bonds. The fourth-order valence-corrected chi connectivity index (χ4v) is 3.11. The maximum Gasteiger partial charge on any atom is 0.230 e. The van der Waals surface area contributed by atoms with Crippen LogP contribution in [0.3, 0.4) is 0 Å². The Morgan fingerprint density at radius 1 is 1.43 bits per heavy atom. The molecule has 1 N–H and O–H groups in total. The van der Waals surface area contributed by atoms with Gasteiger partial charge in [0.1, 0.15) is 11.5 Å². The predicted molar refractivity (Wildman–Crippen MR) is 80.1 cm³/mol. The van der Waals surface area contributed by atoms with Crippen LogP contribution in [0.25, 0.3) is 16.6 Å². The van der Waals surface area contributed by atoms with Crippen LogP contribution >= 0.6 is 11.3 Å². The van der Waals surface area contributed by atoms with Gasteiger partial charge in [0.15, 0.2) is 5.76 Å². The van der Waals surface area contributed by atoms with E-state index in [1.165, 1.54) is 16.0 Å². The van der Waals surface area contributed by atoms with Crippen molar-refractivity contribution in [3.63, 3.8) is 0 Å². The first-order valence-electron chi connectivity index (χ1n) is 5.96. The molecule has 110 valence electrons. The summed E-state index contributed by atoms with van der Waals surface area (Å²) in [5, 5.41) is 6.65. The number of hydrogen-bond donors (Lipinski definition) is 1.